The Morgan fingerprint density at radius 2 is 1.79 bits per heavy atom. The fourth-order valence-corrected chi connectivity index (χ4v) is 3.61. The van der Waals surface area contributed by atoms with Crippen LogP contribution in [0.1, 0.15) is 11.1 Å². The summed E-state index contributed by atoms with van der Waals surface area (Å²) >= 11 is 0. The van der Waals surface area contributed by atoms with Crippen LogP contribution in [0.3, 0.4) is 0 Å². The zero-order valence-corrected chi connectivity index (χ0v) is 13.2. The average Bonchev–Trinajstić information content (AvgIpc) is 2.55. The molecule has 0 aliphatic carbocycles. The van der Waals surface area contributed by atoms with Gasteiger partial charge in [0.1, 0.15) is 18.4 Å². The van der Waals surface area contributed by atoms with E-state index in [1.54, 1.807) is 6.07 Å². The van der Waals surface area contributed by atoms with E-state index in [0.29, 0.717) is 5.56 Å². The second-order valence-electron chi connectivity index (χ2n) is 4.90. The summed E-state index contributed by atoms with van der Waals surface area (Å²) in [5.74, 6) is -1.82. The predicted octanol–water partition coefficient (Wildman–Crippen LogP) is 1.97. The molecule has 0 radical (unpaired) electrons. The Balaban J connectivity index is 2.44. The number of nitriles is 1. The summed E-state index contributed by atoms with van der Waals surface area (Å²) in [6, 6.07) is 12.4. The topological polar surface area (TPSA) is 98.5 Å². The van der Waals surface area contributed by atoms with Gasteiger partial charge in [-0.1, -0.05) is 24.3 Å². The third-order valence-corrected chi connectivity index (χ3v) is 5.06. The Kier molecular flexibility index (Phi) is 5.28. The molecular formula is C16H13FN2O4S. The van der Waals surface area contributed by atoms with Gasteiger partial charge in [0, 0.05) is 6.54 Å². The lowest BCUT2D eigenvalue weighted by Crippen LogP contribution is -2.35. The van der Waals surface area contributed by atoms with Crippen molar-refractivity contribution in [3.05, 3.63) is 65.5 Å². The summed E-state index contributed by atoms with van der Waals surface area (Å²) in [4.78, 5) is 10.8. The number of hydrogen-bond donors (Lipinski definition) is 1. The SMILES string of the molecule is N#Cc1ccccc1S(=O)(=O)N(CC(=O)O)Cc1ccc(F)cc1. The van der Waals surface area contributed by atoms with Crippen LogP contribution in [-0.2, 0) is 21.4 Å². The molecule has 2 aromatic carbocycles. The highest BCUT2D eigenvalue weighted by atomic mass is 32.2. The Morgan fingerprint density at radius 1 is 1.17 bits per heavy atom. The number of halogens is 1. The molecule has 8 heteroatoms. The predicted molar refractivity (Wildman–Crippen MR) is 82.8 cm³/mol. The van der Waals surface area contributed by atoms with Crippen LogP contribution in [-0.4, -0.2) is 30.3 Å². The summed E-state index contributed by atoms with van der Waals surface area (Å²) in [5.41, 5.74) is 0.350. The Labute approximate surface area is 138 Å². The van der Waals surface area contributed by atoms with E-state index in [0.717, 1.165) is 16.4 Å². The van der Waals surface area contributed by atoms with Crippen molar-refractivity contribution in [1.29, 1.82) is 5.26 Å². The van der Waals surface area contributed by atoms with Crippen LogP contribution in [0.2, 0.25) is 0 Å². The molecule has 2 rings (SSSR count). The van der Waals surface area contributed by atoms with Crippen molar-refractivity contribution in [2.75, 3.05) is 6.54 Å². The molecule has 0 unspecified atom stereocenters. The molecule has 0 aromatic heterocycles. The first-order valence-corrected chi connectivity index (χ1v) is 8.24. The van der Waals surface area contributed by atoms with Gasteiger partial charge in [0.2, 0.25) is 10.0 Å². The average molecular weight is 348 g/mol. The van der Waals surface area contributed by atoms with E-state index < -0.39 is 28.4 Å². The first-order chi connectivity index (χ1) is 11.3. The van der Waals surface area contributed by atoms with Gasteiger partial charge < -0.3 is 5.11 Å². The van der Waals surface area contributed by atoms with Crippen LogP contribution in [0.4, 0.5) is 4.39 Å². The number of hydrogen-bond acceptors (Lipinski definition) is 4. The third kappa shape index (κ3) is 3.95. The summed E-state index contributed by atoms with van der Waals surface area (Å²) in [6.07, 6.45) is 0. The van der Waals surface area contributed by atoms with Crippen molar-refractivity contribution in [2.24, 2.45) is 0 Å². The number of carboxylic acid groups (broad SMARTS) is 1. The van der Waals surface area contributed by atoms with Crippen molar-refractivity contribution < 1.29 is 22.7 Å². The Morgan fingerprint density at radius 3 is 2.38 bits per heavy atom. The molecule has 0 spiro atoms. The number of sulfonamides is 1. The van der Waals surface area contributed by atoms with Crippen LogP contribution in [0.25, 0.3) is 0 Å². The molecule has 124 valence electrons. The van der Waals surface area contributed by atoms with Gasteiger partial charge in [0.05, 0.1) is 10.5 Å². The maximum atomic E-state index is 13.0. The lowest BCUT2D eigenvalue weighted by atomic mass is 10.2. The lowest BCUT2D eigenvalue weighted by Gasteiger charge is -2.21. The molecule has 0 amide bonds. The first kappa shape index (κ1) is 17.6. The molecule has 0 bridgehead atoms. The molecule has 0 aliphatic heterocycles. The highest BCUT2D eigenvalue weighted by Crippen LogP contribution is 2.21. The van der Waals surface area contributed by atoms with Crippen molar-refractivity contribution >= 4 is 16.0 Å². The van der Waals surface area contributed by atoms with Gasteiger partial charge in [-0.05, 0) is 29.8 Å². The van der Waals surface area contributed by atoms with E-state index in [2.05, 4.69) is 0 Å². The number of aliphatic carboxylic acids is 1. The van der Waals surface area contributed by atoms with Crippen LogP contribution < -0.4 is 0 Å². The third-order valence-electron chi connectivity index (χ3n) is 3.21. The van der Waals surface area contributed by atoms with Gasteiger partial charge in [-0.3, -0.25) is 4.79 Å². The first-order valence-electron chi connectivity index (χ1n) is 6.80. The van der Waals surface area contributed by atoms with Crippen LogP contribution in [0.5, 0.6) is 0 Å². The van der Waals surface area contributed by atoms with E-state index in [1.165, 1.54) is 36.4 Å². The number of rotatable bonds is 6. The maximum Gasteiger partial charge on any atom is 0.318 e. The molecule has 0 saturated carbocycles. The molecule has 0 atom stereocenters. The molecule has 24 heavy (non-hydrogen) atoms. The van der Waals surface area contributed by atoms with Crippen LogP contribution >= 0.6 is 0 Å². The minimum Gasteiger partial charge on any atom is -0.480 e. The van der Waals surface area contributed by atoms with E-state index in [-0.39, 0.29) is 17.0 Å². The summed E-state index contributed by atoms with van der Waals surface area (Å²) in [6.45, 7) is -1.03. The quantitative estimate of drug-likeness (QED) is 0.860. The second-order valence-corrected chi connectivity index (χ2v) is 6.81. The number of carbonyl (C=O) groups is 1. The summed E-state index contributed by atoms with van der Waals surface area (Å²) < 4.78 is 39.2. The fraction of sp³-hybridized carbons (Fsp3) is 0.125. The lowest BCUT2D eigenvalue weighted by molar-refractivity contribution is -0.137. The van der Waals surface area contributed by atoms with Crippen molar-refractivity contribution in [3.63, 3.8) is 0 Å². The second kappa shape index (κ2) is 7.21. The molecule has 0 heterocycles. The number of carboxylic acids is 1. The van der Waals surface area contributed by atoms with E-state index in [9.17, 15) is 17.6 Å². The normalized spacial score (nSPS) is 11.2. The largest absolute Gasteiger partial charge is 0.480 e. The molecule has 2 aromatic rings. The Hall–Kier alpha value is -2.76. The Bertz CT molecular complexity index is 889. The maximum absolute atomic E-state index is 13.0. The standard InChI is InChI=1S/C16H13FN2O4S/c17-14-7-5-12(6-8-14)10-19(11-16(20)21)24(22,23)15-4-2-1-3-13(15)9-18/h1-8H,10-11H2,(H,20,21). The van der Waals surface area contributed by atoms with Crippen LogP contribution in [0.15, 0.2) is 53.4 Å². The van der Waals surface area contributed by atoms with Crippen molar-refractivity contribution in [3.8, 4) is 6.07 Å². The minimum absolute atomic E-state index is 0.0769. The van der Waals surface area contributed by atoms with Crippen molar-refractivity contribution in [1.82, 2.24) is 4.31 Å². The van der Waals surface area contributed by atoms with E-state index >= 15 is 0 Å². The zero-order chi connectivity index (χ0) is 17.7. The monoisotopic (exact) mass is 348 g/mol. The van der Waals surface area contributed by atoms with E-state index in [1.807, 2.05) is 0 Å². The van der Waals surface area contributed by atoms with E-state index in [4.69, 9.17) is 10.4 Å². The highest BCUT2D eigenvalue weighted by molar-refractivity contribution is 7.89. The summed E-state index contributed by atoms with van der Waals surface area (Å²) in [7, 11) is -4.21. The number of nitrogens with zero attached hydrogens (tertiary/aromatic N) is 2. The van der Waals surface area contributed by atoms with Crippen molar-refractivity contribution in [2.45, 2.75) is 11.4 Å². The number of benzene rings is 2. The van der Waals surface area contributed by atoms with Gasteiger partial charge in [-0.15, -0.1) is 0 Å². The molecule has 0 fully saturated rings. The molecule has 0 aliphatic rings. The van der Waals surface area contributed by atoms with Gasteiger partial charge in [0.25, 0.3) is 0 Å². The molecule has 0 saturated heterocycles. The van der Waals surface area contributed by atoms with Crippen LogP contribution in [0, 0.1) is 17.1 Å². The fourth-order valence-electron chi connectivity index (χ4n) is 2.09. The molecular weight excluding hydrogens is 335 g/mol. The smallest absolute Gasteiger partial charge is 0.318 e. The molecule has 6 nitrogen and oxygen atoms in total. The van der Waals surface area contributed by atoms with Gasteiger partial charge in [-0.2, -0.15) is 9.57 Å². The molecule has 1 N–H and O–H groups in total. The van der Waals surface area contributed by atoms with Gasteiger partial charge in [0.15, 0.2) is 0 Å². The minimum atomic E-state index is -4.21. The highest BCUT2D eigenvalue weighted by Gasteiger charge is 2.28. The summed E-state index contributed by atoms with van der Waals surface area (Å²) in [5, 5.41) is 18.1. The van der Waals surface area contributed by atoms with Gasteiger partial charge in [-0.25, -0.2) is 12.8 Å². The zero-order valence-electron chi connectivity index (χ0n) is 12.4. The van der Waals surface area contributed by atoms with Gasteiger partial charge >= 0.3 is 5.97 Å².